The highest BCUT2D eigenvalue weighted by Gasteiger charge is 2.34. The van der Waals surface area contributed by atoms with Gasteiger partial charge in [0.2, 0.25) is 5.91 Å². The molecule has 2 aromatic rings. The molecule has 2 N–H and O–H groups in total. The highest BCUT2D eigenvalue weighted by atomic mass is 79.9. The Bertz CT molecular complexity index is 796. The van der Waals surface area contributed by atoms with E-state index in [1.54, 1.807) is 4.68 Å². The predicted molar refractivity (Wildman–Crippen MR) is 101 cm³/mol. The van der Waals surface area contributed by atoms with Crippen LogP contribution in [0.2, 0.25) is 0 Å². The van der Waals surface area contributed by atoms with Crippen molar-refractivity contribution in [2.24, 2.45) is 5.92 Å². The van der Waals surface area contributed by atoms with Gasteiger partial charge in [0.25, 0.3) is 5.91 Å². The van der Waals surface area contributed by atoms with Crippen LogP contribution in [0.4, 0.5) is 0 Å². The molecule has 1 aliphatic carbocycles. The maximum absolute atomic E-state index is 12.5. The zero-order valence-corrected chi connectivity index (χ0v) is 16.4. The van der Waals surface area contributed by atoms with Gasteiger partial charge in [-0.15, -0.1) is 5.10 Å². The molecule has 1 aliphatic rings. The average molecular weight is 420 g/mol. The van der Waals surface area contributed by atoms with Crippen LogP contribution in [0, 0.1) is 5.92 Å². The zero-order chi connectivity index (χ0) is 18.7. The number of benzene rings is 1. The summed E-state index contributed by atoms with van der Waals surface area (Å²) in [6.07, 6.45) is 2.07. The van der Waals surface area contributed by atoms with Crippen LogP contribution in [-0.4, -0.2) is 39.9 Å². The van der Waals surface area contributed by atoms with Crippen molar-refractivity contribution in [1.29, 1.82) is 0 Å². The van der Waals surface area contributed by atoms with E-state index in [0.717, 1.165) is 28.7 Å². The van der Waals surface area contributed by atoms with Gasteiger partial charge >= 0.3 is 0 Å². The van der Waals surface area contributed by atoms with Crippen LogP contribution in [0.3, 0.4) is 0 Å². The van der Waals surface area contributed by atoms with Crippen LogP contribution >= 0.6 is 15.9 Å². The normalized spacial score (nSPS) is 13.7. The van der Waals surface area contributed by atoms with Crippen LogP contribution in [0.25, 0.3) is 5.69 Å². The summed E-state index contributed by atoms with van der Waals surface area (Å²) in [5.41, 5.74) is 2.10. The van der Waals surface area contributed by atoms with Crippen LogP contribution in [0.5, 0.6) is 0 Å². The quantitative estimate of drug-likeness (QED) is 0.674. The summed E-state index contributed by atoms with van der Waals surface area (Å²) in [4.78, 5) is 24.1. The smallest absolute Gasteiger partial charge is 0.273 e. The molecule has 0 bridgehead atoms. The van der Waals surface area contributed by atoms with Gasteiger partial charge in [0.05, 0.1) is 11.4 Å². The Balaban J connectivity index is 1.69. The lowest BCUT2D eigenvalue weighted by atomic mass is 10.2. The minimum absolute atomic E-state index is 0.0286. The van der Waals surface area contributed by atoms with Crippen molar-refractivity contribution in [2.45, 2.75) is 32.6 Å². The number of carbonyl (C=O) groups is 2. The summed E-state index contributed by atoms with van der Waals surface area (Å²) in [5.74, 6) is -0.0406. The first-order chi connectivity index (χ1) is 12.5. The molecule has 2 amide bonds. The third kappa shape index (κ3) is 4.30. The van der Waals surface area contributed by atoms with E-state index in [0.29, 0.717) is 24.7 Å². The SMILES string of the molecule is CC(C)C(=O)NCCNC(=O)c1nnn(-c2ccc(Br)cc2)c1C1CC1. The first-order valence-corrected chi connectivity index (χ1v) is 9.54. The van der Waals surface area contributed by atoms with Gasteiger partial charge in [-0.3, -0.25) is 9.59 Å². The van der Waals surface area contributed by atoms with Gasteiger partial charge in [-0.2, -0.15) is 0 Å². The number of carbonyl (C=O) groups excluding carboxylic acids is 2. The highest BCUT2D eigenvalue weighted by molar-refractivity contribution is 9.10. The molecule has 0 atom stereocenters. The molecule has 0 radical (unpaired) electrons. The number of nitrogens with zero attached hydrogens (tertiary/aromatic N) is 3. The molecule has 0 aliphatic heterocycles. The standard InChI is InChI=1S/C18H22BrN5O2/c1-11(2)17(25)20-9-10-21-18(26)15-16(12-3-4-12)24(23-22-15)14-7-5-13(19)6-8-14/h5-8,11-12H,3-4,9-10H2,1-2H3,(H,20,25)(H,21,26). The van der Waals surface area contributed by atoms with Crippen molar-refractivity contribution in [3.63, 3.8) is 0 Å². The Labute approximate surface area is 160 Å². The average Bonchev–Trinajstić information content (AvgIpc) is 3.37. The van der Waals surface area contributed by atoms with Gasteiger partial charge in [0.1, 0.15) is 0 Å². The molecule has 3 rings (SSSR count). The van der Waals surface area contributed by atoms with Gasteiger partial charge in [-0.1, -0.05) is 35.0 Å². The maximum Gasteiger partial charge on any atom is 0.273 e. The second-order valence-corrected chi connectivity index (χ2v) is 7.60. The van der Waals surface area contributed by atoms with E-state index in [4.69, 9.17) is 0 Å². The summed E-state index contributed by atoms with van der Waals surface area (Å²) in [6.45, 7) is 4.40. The fourth-order valence-corrected chi connectivity index (χ4v) is 2.86. The van der Waals surface area contributed by atoms with Crippen LogP contribution in [-0.2, 0) is 4.79 Å². The van der Waals surface area contributed by atoms with Crippen molar-refractivity contribution < 1.29 is 9.59 Å². The summed E-state index contributed by atoms with van der Waals surface area (Å²) >= 11 is 3.42. The van der Waals surface area contributed by atoms with Crippen molar-refractivity contribution in [1.82, 2.24) is 25.6 Å². The molecule has 7 nitrogen and oxygen atoms in total. The van der Waals surface area contributed by atoms with Crippen LogP contribution in [0.1, 0.15) is 48.8 Å². The molecule has 1 aromatic heterocycles. The second-order valence-electron chi connectivity index (χ2n) is 6.69. The van der Waals surface area contributed by atoms with E-state index < -0.39 is 0 Å². The Morgan fingerprint density at radius 3 is 2.46 bits per heavy atom. The van der Waals surface area contributed by atoms with Crippen molar-refractivity contribution in [3.8, 4) is 5.69 Å². The van der Waals surface area contributed by atoms with Crippen molar-refractivity contribution >= 4 is 27.7 Å². The molecule has 1 aromatic carbocycles. The fraction of sp³-hybridized carbons (Fsp3) is 0.444. The topological polar surface area (TPSA) is 88.9 Å². The van der Waals surface area contributed by atoms with Gasteiger partial charge in [0, 0.05) is 29.4 Å². The summed E-state index contributed by atoms with van der Waals surface area (Å²) in [6, 6.07) is 7.75. The summed E-state index contributed by atoms with van der Waals surface area (Å²) < 4.78 is 2.73. The lowest BCUT2D eigenvalue weighted by Gasteiger charge is -2.09. The third-order valence-corrected chi connectivity index (χ3v) is 4.72. The zero-order valence-electron chi connectivity index (χ0n) is 14.8. The molecule has 1 saturated carbocycles. The van der Waals surface area contributed by atoms with Gasteiger partial charge in [-0.25, -0.2) is 4.68 Å². The molecule has 0 unspecified atom stereocenters. The number of halogens is 1. The Hall–Kier alpha value is -2.22. The molecule has 8 heteroatoms. The fourth-order valence-electron chi connectivity index (χ4n) is 2.60. The Kier molecular flexibility index (Phi) is 5.70. The van der Waals surface area contributed by atoms with Gasteiger partial charge in [-0.05, 0) is 37.1 Å². The largest absolute Gasteiger partial charge is 0.354 e. The Morgan fingerprint density at radius 2 is 1.85 bits per heavy atom. The first-order valence-electron chi connectivity index (χ1n) is 8.75. The molecule has 0 spiro atoms. The second kappa shape index (κ2) is 7.99. The highest BCUT2D eigenvalue weighted by Crippen LogP contribution is 2.42. The summed E-state index contributed by atoms with van der Waals surface area (Å²) in [5, 5.41) is 13.9. The molecule has 138 valence electrons. The molecular weight excluding hydrogens is 398 g/mol. The van der Waals surface area contributed by atoms with E-state index in [9.17, 15) is 9.59 Å². The summed E-state index contributed by atoms with van der Waals surface area (Å²) in [7, 11) is 0. The third-order valence-electron chi connectivity index (χ3n) is 4.19. The van der Waals surface area contributed by atoms with E-state index in [1.807, 2.05) is 38.1 Å². The number of rotatable bonds is 7. The Morgan fingerprint density at radius 1 is 1.19 bits per heavy atom. The van der Waals surface area contributed by atoms with E-state index in [1.165, 1.54) is 0 Å². The molecule has 26 heavy (non-hydrogen) atoms. The van der Waals surface area contributed by atoms with Crippen molar-refractivity contribution in [2.75, 3.05) is 13.1 Å². The van der Waals surface area contributed by atoms with Crippen LogP contribution in [0.15, 0.2) is 28.7 Å². The number of amides is 2. The predicted octanol–water partition coefficient (Wildman–Crippen LogP) is 2.41. The minimum Gasteiger partial charge on any atom is -0.354 e. The van der Waals surface area contributed by atoms with Crippen LogP contribution < -0.4 is 10.6 Å². The van der Waals surface area contributed by atoms with Gasteiger partial charge in [0.15, 0.2) is 5.69 Å². The molecular formula is C18H22BrN5O2. The van der Waals surface area contributed by atoms with Crippen molar-refractivity contribution in [3.05, 3.63) is 40.1 Å². The molecule has 1 heterocycles. The molecule has 0 saturated heterocycles. The number of nitrogens with one attached hydrogen (secondary N) is 2. The minimum atomic E-state index is -0.256. The van der Waals surface area contributed by atoms with Gasteiger partial charge < -0.3 is 10.6 Å². The lowest BCUT2D eigenvalue weighted by Crippen LogP contribution is -2.36. The number of hydrogen-bond acceptors (Lipinski definition) is 4. The van der Waals surface area contributed by atoms with E-state index in [2.05, 4.69) is 36.9 Å². The maximum atomic E-state index is 12.5. The van der Waals surface area contributed by atoms with E-state index >= 15 is 0 Å². The number of hydrogen-bond donors (Lipinski definition) is 2. The monoisotopic (exact) mass is 419 g/mol. The van der Waals surface area contributed by atoms with E-state index in [-0.39, 0.29) is 17.7 Å². The lowest BCUT2D eigenvalue weighted by molar-refractivity contribution is -0.123. The number of aromatic nitrogens is 3. The molecule has 1 fully saturated rings. The first kappa shape index (κ1) is 18.6.